The molecule has 0 spiro atoms. The number of methoxy groups -OCH3 is 1. The minimum absolute atomic E-state index is 0.0698. The summed E-state index contributed by atoms with van der Waals surface area (Å²) in [4.78, 5) is 94.7. The van der Waals surface area contributed by atoms with E-state index in [1.807, 2.05) is 218 Å². The summed E-state index contributed by atoms with van der Waals surface area (Å²) in [5.74, 6) is 2.48. The lowest BCUT2D eigenvalue weighted by Crippen LogP contribution is -2.57. The normalized spacial score (nSPS) is 15.8. The number of amides is 5. The van der Waals surface area contributed by atoms with Crippen LogP contribution in [0, 0.1) is 50.2 Å². The number of aliphatic hydroxyl groups excluding tert-OH is 2. The highest BCUT2D eigenvalue weighted by Gasteiger charge is 2.46. The smallest absolute Gasteiger partial charge is 0.246 e. The van der Waals surface area contributed by atoms with Crippen molar-refractivity contribution >= 4 is 101 Å². The van der Waals surface area contributed by atoms with Gasteiger partial charge in [0.2, 0.25) is 29.5 Å². The molecule has 9 aromatic carbocycles. The maximum Gasteiger partial charge on any atom is 0.246 e. The first-order chi connectivity index (χ1) is 69.1. The predicted molar refractivity (Wildman–Crippen MR) is 566 cm³/mol. The second-order valence-electron chi connectivity index (χ2n) is 38.5. The van der Waals surface area contributed by atoms with Crippen LogP contribution in [0.25, 0.3) is 61.9 Å². The predicted octanol–water partition coefficient (Wildman–Crippen LogP) is 20.5. The van der Waals surface area contributed by atoms with Crippen molar-refractivity contribution in [3.63, 3.8) is 0 Å². The van der Waals surface area contributed by atoms with E-state index >= 15 is 0 Å². The number of aromatic nitrogens is 3. The van der Waals surface area contributed by atoms with Gasteiger partial charge in [0.1, 0.15) is 77.5 Å². The number of benzene rings is 9. The molecule has 0 saturated carbocycles. The monoisotopic (exact) mass is 2030 g/mol. The third kappa shape index (κ3) is 29.0. The van der Waals surface area contributed by atoms with E-state index < -0.39 is 47.2 Å². The number of thiophene rings is 3. The molecule has 7 N–H and O–H groups in total. The van der Waals surface area contributed by atoms with Crippen molar-refractivity contribution in [1.29, 1.82) is 0 Å². The third-order valence-corrected chi connectivity index (χ3v) is 29.7. The first-order valence-corrected chi connectivity index (χ1v) is 51.8. The van der Waals surface area contributed by atoms with Gasteiger partial charge in [0.25, 0.3) is 0 Å². The zero-order chi connectivity index (χ0) is 102. The number of thiazole rings is 1. The number of carbonyl (C=O) groups excluding carboxylic acids is 6. The molecular weight excluding hydrogens is 1900 g/mol. The number of hydrogen-bond donors (Lipinski definition) is 7. The number of aromatic hydroxyl groups is 2. The van der Waals surface area contributed by atoms with E-state index in [0.29, 0.717) is 55.7 Å². The van der Waals surface area contributed by atoms with Crippen molar-refractivity contribution in [2.24, 2.45) is 10.8 Å². The summed E-state index contributed by atoms with van der Waals surface area (Å²) in [5.41, 5.74) is 11.8. The van der Waals surface area contributed by atoms with E-state index in [1.54, 1.807) is 85.2 Å². The van der Waals surface area contributed by atoms with Crippen LogP contribution in [-0.4, -0.2) is 206 Å². The number of phenols is 2. The van der Waals surface area contributed by atoms with Crippen molar-refractivity contribution in [2.75, 3.05) is 79.3 Å². The highest BCUT2D eigenvalue weighted by molar-refractivity contribution is 7.23. The van der Waals surface area contributed by atoms with Crippen LogP contribution in [0.3, 0.4) is 0 Å². The molecule has 3 saturated heterocycles. The molecule has 3 fully saturated rings. The number of aryl methyl sites for hydroxylation is 5. The minimum Gasteiger partial charge on any atom is -0.508 e. The summed E-state index contributed by atoms with van der Waals surface area (Å²) in [6.45, 7) is 30.2. The zero-order valence-electron chi connectivity index (χ0n) is 83.2. The van der Waals surface area contributed by atoms with Crippen LogP contribution in [0.2, 0.25) is 0 Å². The van der Waals surface area contributed by atoms with E-state index in [-0.39, 0.29) is 104 Å². The van der Waals surface area contributed by atoms with Crippen LogP contribution in [0.1, 0.15) is 113 Å². The fourth-order valence-corrected chi connectivity index (χ4v) is 21.3. The van der Waals surface area contributed by atoms with Gasteiger partial charge in [-0.2, -0.15) is 5.10 Å². The van der Waals surface area contributed by atoms with Gasteiger partial charge < -0.3 is 69.9 Å². The van der Waals surface area contributed by atoms with Gasteiger partial charge >= 0.3 is 0 Å². The minimum atomic E-state index is -0.825. The van der Waals surface area contributed by atoms with Crippen molar-refractivity contribution < 1.29 is 81.7 Å². The van der Waals surface area contributed by atoms with Crippen molar-refractivity contribution in [3.05, 3.63) is 286 Å². The molecule has 0 unspecified atom stereocenters. The molecular formula is C113H126F2N10O15S4. The average molecular weight is 2030 g/mol. The lowest BCUT2D eigenvalue weighted by atomic mass is 9.85. The van der Waals surface area contributed by atoms with Gasteiger partial charge in [0.05, 0.1) is 69.4 Å². The molecule has 3 aliphatic rings. The summed E-state index contributed by atoms with van der Waals surface area (Å²) in [6, 6.07) is 62.9. The average Bonchev–Trinajstić information content (AvgIpc) is 1.62. The first kappa shape index (κ1) is 107. The van der Waals surface area contributed by atoms with Crippen LogP contribution in [0.15, 0.2) is 235 Å². The molecule has 17 rings (SSSR count). The lowest BCUT2D eigenvalue weighted by molar-refractivity contribution is -0.144. The van der Waals surface area contributed by atoms with E-state index in [2.05, 4.69) is 54.2 Å². The first-order valence-electron chi connectivity index (χ1n) is 48.4. The molecule has 0 aliphatic carbocycles. The van der Waals surface area contributed by atoms with Gasteiger partial charge in [-0.05, 0) is 216 Å². The van der Waals surface area contributed by atoms with Gasteiger partial charge in [-0.25, -0.2) is 13.8 Å². The fraction of sp³-hybridized carbons (Fsp3) is 0.345. The second-order valence-corrected chi connectivity index (χ2v) is 42.3. The Hall–Kier alpha value is -13.1. The topological polar surface area (TPSA) is 309 Å². The standard InChI is InChI=1S/C32H39N3O4S.C29H31FN2O4S.C26H21FN2O3S.C26H35N3O4S/c1-20-6-8-23(9-7-20)16-28(38)34-30(32(3,4)5)31(39)35-18-25(36)17-26(35)27(37)15-12-22-10-13-24(14-11-22)29-21(2)33-19-40-29;1-34-18-16-31-12-14-32(15-13-31)17-19-35-24-7-9-25(10-8-24)36-28-26-11-6-23(33)20-27(26)37-29(28)21-2-4-22(30)5-3-21;1-17-12-13-29(28-17)14-15-31-21-7-9-22(10-8-21)32-25-23-11-6-20(30)16-24(23)33-26(25)18-2-4-19(27)5-3-18;1-6-21(31)28-23(26(3,4)5)25(33)29-15-19(30)13-20(29)24(32)27-14-17-7-9-18(10-8-17)22-16(2)11-12-34-22/h6-11,13-14,19,25-26,30,36H,12,15-18H2,1-5H3,(H,34,38);2-11,20,33H,12-19H2,1H3;2-13,16,30H,14-15H2,1H3;7-12,19-20,23,30H,6,13-15H2,1-5H3,(H,27,32)(H,28,31)/t25-,26+,30-;;;19-,20+,23-/m1..1/s1. The molecule has 14 aromatic rings. The van der Waals surface area contributed by atoms with Gasteiger partial charge in [-0.15, -0.1) is 45.3 Å². The molecule has 5 amide bonds. The molecule has 8 heterocycles. The number of β-amino-alcohol motifs (C(OH)–C–C–N with tert-alkyl or cyclic N) is 2. The van der Waals surface area contributed by atoms with Crippen LogP contribution < -0.4 is 34.9 Å². The largest absolute Gasteiger partial charge is 0.508 e. The number of halogens is 2. The van der Waals surface area contributed by atoms with Crippen LogP contribution in [0.5, 0.6) is 46.0 Å². The second kappa shape index (κ2) is 49.5. The lowest BCUT2D eigenvalue weighted by Gasteiger charge is -2.35. The Balaban J connectivity index is 0.000000153. The number of nitrogens with one attached hydrogen (secondary N) is 3. The molecule has 6 atom stereocenters. The van der Waals surface area contributed by atoms with Crippen molar-refractivity contribution in [3.8, 4) is 87.8 Å². The van der Waals surface area contributed by atoms with Crippen molar-refractivity contribution in [1.82, 2.24) is 50.3 Å². The van der Waals surface area contributed by atoms with Gasteiger partial charge in [-0.1, -0.05) is 151 Å². The SMILES string of the molecule is CCC(=O)N[C@H](C(=O)N1C[C@H](O)C[C@H]1C(=O)NCc1ccc(-c2sccc2C)cc1)C(C)(C)C.COCCN1CCN(CCOc2ccc(Oc3c(-c4ccc(F)cc4)sc4cc(O)ccc34)cc2)CC1.Cc1ccc(CC(=O)N[C@H](C(=O)N2C[C@H](O)C[C@H]2C(=O)CCc2ccc(-c3scnc3C)cc2)C(C)(C)C)cc1.Cc1ccn(CCOc2ccc(Oc3c(-c4ccc(F)cc4)sc4cc(O)ccc34)cc2)n1. The Morgan fingerprint density at radius 2 is 0.965 bits per heavy atom. The number of rotatable bonds is 33. The Labute approximate surface area is 855 Å². The quantitative estimate of drug-likeness (QED) is 0.0201. The number of carbonyl (C=O) groups is 6. The summed E-state index contributed by atoms with van der Waals surface area (Å²) in [7, 11) is 1.74. The number of likely N-dealkylation sites (tertiary alicyclic amines) is 2. The van der Waals surface area contributed by atoms with Gasteiger partial charge in [-0.3, -0.25) is 43.2 Å². The van der Waals surface area contributed by atoms with Crippen LogP contribution in [0.4, 0.5) is 8.78 Å². The molecule has 25 nitrogen and oxygen atoms in total. The van der Waals surface area contributed by atoms with Gasteiger partial charge in [0.15, 0.2) is 17.3 Å². The number of Topliss-reactive ketones (excluding diaryl/α,β-unsaturated/α-hetero) is 1. The number of fused-ring (bicyclic) bond motifs is 2. The maximum atomic E-state index is 13.8. The zero-order valence-corrected chi connectivity index (χ0v) is 86.5. The Morgan fingerprint density at radius 3 is 1.44 bits per heavy atom. The Morgan fingerprint density at radius 1 is 0.507 bits per heavy atom. The van der Waals surface area contributed by atoms with Crippen LogP contribution >= 0.6 is 45.3 Å². The number of piperazine rings is 1. The third-order valence-electron chi connectivity index (χ3n) is 25.3. The van der Waals surface area contributed by atoms with E-state index in [1.165, 1.54) is 67.2 Å². The summed E-state index contributed by atoms with van der Waals surface area (Å²) >= 11 is 6.29. The number of ketones is 1. The Kier molecular flexibility index (Phi) is 36.7. The molecule has 5 aromatic heterocycles. The van der Waals surface area contributed by atoms with Crippen LogP contribution in [-0.2, 0) is 59.4 Å². The molecule has 144 heavy (non-hydrogen) atoms. The number of ether oxygens (including phenoxy) is 5. The van der Waals surface area contributed by atoms with E-state index in [9.17, 15) is 58.0 Å². The summed E-state index contributed by atoms with van der Waals surface area (Å²) in [6.07, 6.45) is 1.99. The summed E-state index contributed by atoms with van der Waals surface area (Å²) in [5, 5.41) is 57.4. The molecule has 31 heteroatoms. The highest BCUT2D eigenvalue weighted by atomic mass is 32.1. The maximum absolute atomic E-state index is 13.8. The summed E-state index contributed by atoms with van der Waals surface area (Å²) < 4.78 is 60.2. The number of nitrogens with zero attached hydrogens (tertiary/aromatic N) is 7. The molecule has 756 valence electrons. The van der Waals surface area contributed by atoms with Gasteiger partial charge in [0, 0.05) is 123 Å². The molecule has 0 radical (unpaired) electrons. The van der Waals surface area contributed by atoms with E-state index in [0.717, 1.165) is 148 Å². The fourth-order valence-electron chi connectivity index (χ4n) is 17.2. The Bertz CT molecular complexity index is 6650. The number of aliphatic hydroxyl groups is 2. The number of phenolic OH excluding ortho intramolecular Hbond substituents is 2. The number of hydrogen-bond acceptors (Lipinski definition) is 23. The highest BCUT2D eigenvalue weighted by Crippen LogP contribution is 2.50. The molecule has 3 aliphatic heterocycles. The van der Waals surface area contributed by atoms with E-state index in [4.69, 9.17) is 23.7 Å². The van der Waals surface area contributed by atoms with Crippen molar-refractivity contribution in [2.45, 2.75) is 164 Å². The molecule has 0 bridgehead atoms.